The van der Waals surface area contributed by atoms with Crippen LogP contribution in [0.4, 0.5) is 0 Å². The Morgan fingerprint density at radius 2 is 1.90 bits per heavy atom. The Labute approximate surface area is 174 Å². The van der Waals surface area contributed by atoms with Crippen molar-refractivity contribution in [3.63, 3.8) is 0 Å². The number of nitrogens with zero attached hydrogens (tertiary/aromatic N) is 1. The lowest BCUT2D eigenvalue weighted by Gasteiger charge is -2.32. The molecule has 0 unspecified atom stereocenters. The standard InChI is InChI=1S/C24H32N2O3/c1-18-5-4-6-19(15-18)17-26-13-11-21(12-14-26)25-24(27)10-7-20-16-22(28-2)8-9-23(20)29-3/h4-6,8-9,15-16,21H,7,10-14,17H2,1-3H3,(H,25,27). The molecule has 2 aromatic carbocycles. The minimum absolute atomic E-state index is 0.104. The summed E-state index contributed by atoms with van der Waals surface area (Å²) >= 11 is 0. The van der Waals surface area contributed by atoms with Gasteiger partial charge in [0.1, 0.15) is 11.5 Å². The zero-order valence-corrected chi connectivity index (χ0v) is 17.7. The Kier molecular flexibility index (Phi) is 7.53. The van der Waals surface area contributed by atoms with Crippen LogP contribution in [0, 0.1) is 6.92 Å². The van der Waals surface area contributed by atoms with Crippen LogP contribution < -0.4 is 14.8 Å². The van der Waals surface area contributed by atoms with E-state index >= 15 is 0 Å². The lowest BCUT2D eigenvalue weighted by atomic mass is 10.0. The van der Waals surface area contributed by atoms with E-state index < -0.39 is 0 Å². The van der Waals surface area contributed by atoms with Crippen molar-refractivity contribution < 1.29 is 14.3 Å². The molecule has 1 aliphatic rings. The molecule has 29 heavy (non-hydrogen) atoms. The van der Waals surface area contributed by atoms with Crippen molar-refractivity contribution in [2.24, 2.45) is 0 Å². The molecule has 1 aliphatic heterocycles. The van der Waals surface area contributed by atoms with E-state index in [1.165, 1.54) is 11.1 Å². The Hall–Kier alpha value is -2.53. The molecule has 0 spiro atoms. The van der Waals surface area contributed by atoms with Crippen LogP contribution in [0.1, 0.15) is 36.0 Å². The average molecular weight is 397 g/mol. The molecule has 0 saturated carbocycles. The molecule has 0 bridgehead atoms. The number of nitrogens with one attached hydrogen (secondary N) is 1. The minimum atomic E-state index is 0.104. The zero-order chi connectivity index (χ0) is 20.6. The number of benzene rings is 2. The Morgan fingerprint density at radius 3 is 2.59 bits per heavy atom. The van der Waals surface area contributed by atoms with Gasteiger partial charge in [-0.3, -0.25) is 9.69 Å². The molecule has 3 rings (SSSR count). The molecule has 1 amide bonds. The number of hydrogen-bond donors (Lipinski definition) is 1. The predicted octanol–water partition coefficient (Wildman–Crippen LogP) is 3.73. The summed E-state index contributed by atoms with van der Waals surface area (Å²) in [6.45, 7) is 5.15. The maximum Gasteiger partial charge on any atom is 0.220 e. The first-order chi connectivity index (χ1) is 14.1. The topological polar surface area (TPSA) is 50.8 Å². The van der Waals surface area contributed by atoms with Gasteiger partial charge in [-0.1, -0.05) is 29.8 Å². The highest BCUT2D eigenvalue weighted by Gasteiger charge is 2.21. The minimum Gasteiger partial charge on any atom is -0.497 e. The summed E-state index contributed by atoms with van der Waals surface area (Å²) in [4.78, 5) is 14.9. The van der Waals surface area contributed by atoms with Crippen molar-refractivity contribution in [3.8, 4) is 11.5 Å². The highest BCUT2D eigenvalue weighted by Crippen LogP contribution is 2.25. The van der Waals surface area contributed by atoms with Crippen molar-refractivity contribution in [1.82, 2.24) is 10.2 Å². The Balaban J connectivity index is 1.43. The van der Waals surface area contributed by atoms with E-state index in [4.69, 9.17) is 9.47 Å². The molecule has 156 valence electrons. The molecule has 0 aliphatic carbocycles. The molecule has 2 aromatic rings. The van der Waals surface area contributed by atoms with Gasteiger partial charge in [0.15, 0.2) is 0 Å². The summed E-state index contributed by atoms with van der Waals surface area (Å²) in [5, 5.41) is 3.21. The number of ether oxygens (including phenoxy) is 2. The quantitative estimate of drug-likeness (QED) is 0.739. The largest absolute Gasteiger partial charge is 0.497 e. The van der Waals surface area contributed by atoms with Crippen molar-refractivity contribution in [2.75, 3.05) is 27.3 Å². The molecule has 1 saturated heterocycles. The first-order valence-electron chi connectivity index (χ1n) is 10.4. The van der Waals surface area contributed by atoms with Crippen molar-refractivity contribution in [2.45, 2.75) is 45.2 Å². The average Bonchev–Trinajstić information content (AvgIpc) is 2.73. The van der Waals surface area contributed by atoms with Crippen LogP contribution in [0.5, 0.6) is 11.5 Å². The van der Waals surface area contributed by atoms with Crippen LogP contribution in [0.2, 0.25) is 0 Å². The van der Waals surface area contributed by atoms with E-state index in [1.807, 2.05) is 18.2 Å². The van der Waals surface area contributed by atoms with Gasteiger partial charge in [-0.05, 0) is 55.5 Å². The molecule has 5 heteroatoms. The summed E-state index contributed by atoms with van der Waals surface area (Å²) in [7, 11) is 3.29. The summed E-state index contributed by atoms with van der Waals surface area (Å²) < 4.78 is 10.7. The Bertz CT molecular complexity index is 814. The molecule has 1 heterocycles. The third kappa shape index (κ3) is 6.23. The second kappa shape index (κ2) is 10.3. The van der Waals surface area contributed by atoms with E-state index in [9.17, 15) is 4.79 Å². The van der Waals surface area contributed by atoms with Gasteiger partial charge in [0.2, 0.25) is 5.91 Å². The fourth-order valence-corrected chi connectivity index (χ4v) is 3.93. The van der Waals surface area contributed by atoms with Gasteiger partial charge in [-0.25, -0.2) is 0 Å². The highest BCUT2D eigenvalue weighted by molar-refractivity contribution is 5.76. The van der Waals surface area contributed by atoms with Gasteiger partial charge in [-0.15, -0.1) is 0 Å². The smallest absolute Gasteiger partial charge is 0.220 e. The fourth-order valence-electron chi connectivity index (χ4n) is 3.93. The van der Waals surface area contributed by atoms with E-state index in [0.717, 1.165) is 49.5 Å². The molecular weight excluding hydrogens is 364 g/mol. The maximum absolute atomic E-state index is 12.5. The number of carbonyl (C=O) groups excluding carboxylic acids is 1. The number of piperidine rings is 1. The van der Waals surface area contributed by atoms with Gasteiger partial charge in [0.05, 0.1) is 14.2 Å². The Morgan fingerprint density at radius 1 is 1.10 bits per heavy atom. The molecular formula is C24H32N2O3. The van der Waals surface area contributed by atoms with Crippen LogP contribution in [0.15, 0.2) is 42.5 Å². The number of rotatable bonds is 8. The van der Waals surface area contributed by atoms with E-state index in [0.29, 0.717) is 12.8 Å². The predicted molar refractivity (Wildman–Crippen MR) is 115 cm³/mol. The first-order valence-corrected chi connectivity index (χ1v) is 10.4. The molecule has 5 nitrogen and oxygen atoms in total. The van der Waals surface area contributed by atoms with Crippen molar-refractivity contribution >= 4 is 5.91 Å². The summed E-state index contributed by atoms with van der Waals surface area (Å²) in [5.74, 6) is 1.68. The monoisotopic (exact) mass is 396 g/mol. The van der Waals surface area contributed by atoms with Crippen molar-refractivity contribution in [1.29, 1.82) is 0 Å². The van der Waals surface area contributed by atoms with Crippen LogP contribution in [-0.2, 0) is 17.8 Å². The fraction of sp³-hybridized carbons (Fsp3) is 0.458. The normalized spacial score (nSPS) is 15.1. The molecule has 0 aromatic heterocycles. The number of aryl methyl sites for hydroxylation is 2. The van der Waals surface area contributed by atoms with Crippen LogP contribution in [0.25, 0.3) is 0 Å². The molecule has 0 radical (unpaired) electrons. The van der Waals surface area contributed by atoms with Gasteiger partial charge in [0, 0.05) is 32.1 Å². The van der Waals surface area contributed by atoms with Gasteiger partial charge in [0.25, 0.3) is 0 Å². The second-order valence-corrected chi connectivity index (χ2v) is 7.78. The summed E-state index contributed by atoms with van der Waals surface area (Å²) in [5.41, 5.74) is 3.66. The van der Waals surface area contributed by atoms with Crippen LogP contribution >= 0.6 is 0 Å². The number of hydrogen-bond acceptors (Lipinski definition) is 4. The highest BCUT2D eigenvalue weighted by atomic mass is 16.5. The third-order valence-electron chi connectivity index (χ3n) is 5.55. The number of carbonyl (C=O) groups is 1. The van der Waals surface area contributed by atoms with E-state index in [-0.39, 0.29) is 11.9 Å². The van der Waals surface area contributed by atoms with Gasteiger partial charge in [-0.2, -0.15) is 0 Å². The van der Waals surface area contributed by atoms with Crippen molar-refractivity contribution in [3.05, 3.63) is 59.2 Å². The lowest BCUT2D eigenvalue weighted by Crippen LogP contribution is -2.44. The lowest BCUT2D eigenvalue weighted by molar-refractivity contribution is -0.122. The van der Waals surface area contributed by atoms with Crippen LogP contribution in [0.3, 0.4) is 0 Å². The second-order valence-electron chi connectivity index (χ2n) is 7.78. The molecule has 0 atom stereocenters. The summed E-state index contributed by atoms with van der Waals surface area (Å²) in [6, 6.07) is 14.7. The van der Waals surface area contributed by atoms with E-state index in [2.05, 4.69) is 41.4 Å². The van der Waals surface area contributed by atoms with E-state index in [1.54, 1.807) is 14.2 Å². The van der Waals surface area contributed by atoms with Gasteiger partial charge < -0.3 is 14.8 Å². The summed E-state index contributed by atoms with van der Waals surface area (Å²) in [6.07, 6.45) is 3.09. The zero-order valence-electron chi connectivity index (χ0n) is 17.7. The van der Waals surface area contributed by atoms with Crippen LogP contribution in [-0.4, -0.2) is 44.2 Å². The first kappa shape index (κ1) is 21.2. The number of amides is 1. The number of methoxy groups -OCH3 is 2. The number of likely N-dealkylation sites (tertiary alicyclic amines) is 1. The molecule has 1 fully saturated rings. The third-order valence-corrected chi connectivity index (χ3v) is 5.55. The van der Waals surface area contributed by atoms with Gasteiger partial charge >= 0.3 is 0 Å². The maximum atomic E-state index is 12.5. The molecule has 1 N–H and O–H groups in total. The SMILES string of the molecule is COc1ccc(OC)c(CCC(=O)NC2CCN(Cc3cccc(C)c3)CC2)c1.